The molecule has 0 aromatic heterocycles. The number of halogens is 3. The Morgan fingerprint density at radius 3 is 2.30 bits per heavy atom. The number of amides is 2. The normalized spacial score (nSPS) is 17.2. The monoisotopic (exact) mass is 520 g/mol. The van der Waals surface area contributed by atoms with Gasteiger partial charge in [0.2, 0.25) is 0 Å². The van der Waals surface area contributed by atoms with E-state index in [1.165, 1.54) is 24.0 Å². The summed E-state index contributed by atoms with van der Waals surface area (Å²) in [5.41, 5.74) is 7.62. The Bertz CT molecular complexity index is 1150. The van der Waals surface area contributed by atoms with Crippen LogP contribution in [0.3, 0.4) is 0 Å². The van der Waals surface area contributed by atoms with Gasteiger partial charge in [-0.25, -0.2) is 0 Å². The number of piperazine rings is 1. The number of carbonyl (C=O) groups is 2. The summed E-state index contributed by atoms with van der Waals surface area (Å²) in [4.78, 5) is 31.9. The van der Waals surface area contributed by atoms with Crippen molar-refractivity contribution in [1.82, 2.24) is 9.80 Å². The number of imide groups is 1. The molecule has 0 saturated carbocycles. The lowest BCUT2D eigenvalue weighted by atomic mass is 9.99. The number of carbonyl (C=O) groups excluding carboxylic acids is 2. The molecule has 2 aromatic rings. The van der Waals surface area contributed by atoms with Gasteiger partial charge in [0.15, 0.2) is 11.5 Å². The molecule has 37 heavy (non-hydrogen) atoms. The van der Waals surface area contributed by atoms with Gasteiger partial charge in [0.05, 0.1) is 43.6 Å². The van der Waals surface area contributed by atoms with Crippen LogP contribution in [0, 0.1) is 0 Å². The summed E-state index contributed by atoms with van der Waals surface area (Å²) in [6, 6.07) is 9.78. The summed E-state index contributed by atoms with van der Waals surface area (Å²) in [6.45, 7) is 0.480. The highest BCUT2D eigenvalue weighted by atomic mass is 19.4. The van der Waals surface area contributed by atoms with Crippen LogP contribution in [-0.2, 0) is 0 Å². The molecular formula is C26H31F3N4O4. The SMILES string of the molecule is COc1ccc(C(CCCN)N2C(=O)c3cccc(N4CCN(CC(F)(F)F)CC4)c3C2=O)cc1OC. The number of nitrogens with two attached hydrogens (primary N) is 1. The van der Waals surface area contributed by atoms with E-state index >= 15 is 0 Å². The number of rotatable bonds is 9. The van der Waals surface area contributed by atoms with Gasteiger partial charge in [0.25, 0.3) is 11.8 Å². The van der Waals surface area contributed by atoms with E-state index < -0.39 is 30.6 Å². The van der Waals surface area contributed by atoms with Crippen molar-refractivity contribution in [1.29, 1.82) is 0 Å². The summed E-state index contributed by atoms with van der Waals surface area (Å²) >= 11 is 0. The van der Waals surface area contributed by atoms with Crippen molar-refractivity contribution < 1.29 is 32.2 Å². The Morgan fingerprint density at radius 1 is 0.973 bits per heavy atom. The fourth-order valence-electron chi connectivity index (χ4n) is 5.05. The molecule has 0 spiro atoms. The van der Waals surface area contributed by atoms with E-state index in [4.69, 9.17) is 15.2 Å². The molecule has 1 fully saturated rings. The summed E-state index contributed by atoms with van der Waals surface area (Å²) in [5, 5.41) is 0. The Morgan fingerprint density at radius 2 is 1.68 bits per heavy atom. The first-order chi connectivity index (χ1) is 17.7. The van der Waals surface area contributed by atoms with Crippen molar-refractivity contribution in [3.8, 4) is 11.5 Å². The molecular weight excluding hydrogens is 489 g/mol. The van der Waals surface area contributed by atoms with Gasteiger partial charge in [-0.2, -0.15) is 13.2 Å². The van der Waals surface area contributed by atoms with Crippen molar-refractivity contribution in [3.05, 3.63) is 53.1 Å². The van der Waals surface area contributed by atoms with Crippen LogP contribution in [0.4, 0.5) is 18.9 Å². The van der Waals surface area contributed by atoms with Crippen LogP contribution < -0.4 is 20.1 Å². The third kappa shape index (κ3) is 5.52. The van der Waals surface area contributed by atoms with Crippen molar-refractivity contribution in [2.24, 2.45) is 5.73 Å². The molecule has 8 nitrogen and oxygen atoms in total. The van der Waals surface area contributed by atoms with Crippen LogP contribution in [0.5, 0.6) is 11.5 Å². The number of alkyl halides is 3. The lowest BCUT2D eigenvalue weighted by Crippen LogP contribution is -2.49. The van der Waals surface area contributed by atoms with Crippen LogP contribution in [0.1, 0.15) is 45.2 Å². The molecule has 2 N–H and O–H groups in total. The fraction of sp³-hybridized carbons (Fsp3) is 0.462. The van der Waals surface area contributed by atoms with Gasteiger partial charge in [-0.15, -0.1) is 0 Å². The molecule has 1 saturated heterocycles. The lowest BCUT2D eigenvalue weighted by molar-refractivity contribution is -0.146. The van der Waals surface area contributed by atoms with E-state index in [2.05, 4.69) is 0 Å². The summed E-state index contributed by atoms with van der Waals surface area (Å²) in [5.74, 6) is 0.171. The Balaban J connectivity index is 1.63. The highest BCUT2D eigenvalue weighted by molar-refractivity contribution is 6.24. The van der Waals surface area contributed by atoms with Crippen molar-refractivity contribution in [3.63, 3.8) is 0 Å². The number of ether oxygens (including phenoxy) is 2. The quantitative estimate of drug-likeness (QED) is 0.507. The molecule has 1 atom stereocenters. The summed E-state index contributed by atoms with van der Waals surface area (Å²) in [7, 11) is 3.04. The molecule has 4 rings (SSSR count). The van der Waals surface area contributed by atoms with Gasteiger partial charge in [0, 0.05) is 26.2 Å². The first-order valence-corrected chi connectivity index (χ1v) is 12.2. The largest absolute Gasteiger partial charge is 0.493 e. The third-order valence-electron chi connectivity index (χ3n) is 6.83. The maximum Gasteiger partial charge on any atom is 0.401 e. The second-order valence-electron chi connectivity index (χ2n) is 9.12. The first-order valence-electron chi connectivity index (χ1n) is 12.2. The fourth-order valence-corrected chi connectivity index (χ4v) is 5.05. The number of anilines is 1. The van der Waals surface area contributed by atoms with Gasteiger partial charge >= 0.3 is 6.18 Å². The number of nitrogens with zero attached hydrogens (tertiary/aromatic N) is 3. The topological polar surface area (TPSA) is 88.3 Å². The number of benzene rings is 2. The lowest BCUT2D eigenvalue weighted by Gasteiger charge is -2.37. The second kappa shape index (κ2) is 11.0. The molecule has 0 radical (unpaired) electrons. The highest BCUT2D eigenvalue weighted by Gasteiger charge is 2.43. The summed E-state index contributed by atoms with van der Waals surface area (Å²) in [6.07, 6.45) is -3.22. The van der Waals surface area contributed by atoms with Crippen molar-refractivity contribution in [2.45, 2.75) is 25.1 Å². The minimum Gasteiger partial charge on any atom is -0.493 e. The number of hydrogen-bond acceptors (Lipinski definition) is 7. The van der Waals surface area contributed by atoms with Crippen LogP contribution >= 0.6 is 0 Å². The van der Waals surface area contributed by atoms with E-state index in [0.29, 0.717) is 60.8 Å². The van der Waals surface area contributed by atoms with Crippen molar-refractivity contribution >= 4 is 17.5 Å². The zero-order chi connectivity index (χ0) is 26.7. The van der Waals surface area contributed by atoms with E-state index in [-0.39, 0.29) is 18.7 Å². The zero-order valence-electron chi connectivity index (χ0n) is 20.9. The molecule has 2 amide bonds. The van der Waals surface area contributed by atoms with Crippen molar-refractivity contribution in [2.75, 3.05) is 58.4 Å². The molecule has 2 aliphatic rings. The van der Waals surface area contributed by atoms with Gasteiger partial charge in [-0.05, 0) is 49.2 Å². The molecule has 200 valence electrons. The minimum atomic E-state index is -4.26. The molecule has 2 aliphatic heterocycles. The minimum absolute atomic E-state index is 0.208. The maximum atomic E-state index is 13.8. The molecule has 1 unspecified atom stereocenters. The van der Waals surface area contributed by atoms with Gasteiger partial charge in [0.1, 0.15) is 0 Å². The van der Waals surface area contributed by atoms with E-state index in [0.717, 1.165) is 0 Å². The molecule has 2 aromatic carbocycles. The number of fused-ring (bicyclic) bond motifs is 1. The highest BCUT2D eigenvalue weighted by Crippen LogP contribution is 2.40. The molecule has 2 heterocycles. The predicted octanol–water partition coefficient (Wildman–Crippen LogP) is 3.46. The molecule has 0 aliphatic carbocycles. The maximum absolute atomic E-state index is 13.8. The van der Waals surface area contributed by atoms with E-state index in [1.54, 1.807) is 36.4 Å². The third-order valence-corrected chi connectivity index (χ3v) is 6.83. The molecule has 0 bridgehead atoms. The Kier molecular flexibility index (Phi) is 7.93. The molecule has 11 heteroatoms. The standard InChI is InChI=1S/C26H31F3N4O4/c1-36-21-9-8-17(15-22(21)37-2)19(7-4-10-30)33-24(34)18-5-3-6-20(23(18)25(33)35)32-13-11-31(12-14-32)16-26(27,28)29/h3,5-6,8-9,15,19H,4,7,10-14,16,30H2,1-2H3. The number of methoxy groups -OCH3 is 2. The van der Waals surface area contributed by atoms with Gasteiger partial charge in [-0.3, -0.25) is 19.4 Å². The Hall–Kier alpha value is -3.31. The predicted molar refractivity (Wildman–Crippen MR) is 132 cm³/mol. The van der Waals surface area contributed by atoms with Crippen LogP contribution in [0.2, 0.25) is 0 Å². The zero-order valence-corrected chi connectivity index (χ0v) is 20.9. The smallest absolute Gasteiger partial charge is 0.401 e. The average molecular weight is 521 g/mol. The summed E-state index contributed by atoms with van der Waals surface area (Å²) < 4.78 is 49.2. The number of hydrogen-bond donors (Lipinski definition) is 1. The first kappa shape index (κ1) is 26.7. The van der Waals surface area contributed by atoms with Crippen LogP contribution in [-0.4, -0.2) is 81.3 Å². The second-order valence-corrected chi connectivity index (χ2v) is 9.12. The van der Waals surface area contributed by atoms with Crippen LogP contribution in [0.25, 0.3) is 0 Å². The Labute approximate surface area is 213 Å². The average Bonchev–Trinajstić information content (AvgIpc) is 3.13. The van der Waals surface area contributed by atoms with Gasteiger partial charge in [-0.1, -0.05) is 12.1 Å². The van der Waals surface area contributed by atoms with Crippen LogP contribution in [0.15, 0.2) is 36.4 Å². The van der Waals surface area contributed by atoms with E-state index in [1.807, 2.05) is 4.90 Å². The van der Waals surface area contributed by atoms with E-state index in [9.17, 15) is 22.8 Å². The van der Waals surface area contributed by atoms with Gasteiger partial charge < -0.3 is 20.1 Å².